The van der Waals surface area contributed by atoms with Crippen LogP contribution in [0.2, 0.25) is 0 Å². The zero-order chi connectivity index (χ0) is 16.6. The number of rotatable bonds is 3. The Bertz CT molecular complexity index is 867. The highest BCUT2D eigenvalue weighted by Crippen LogP contribution is 2.38. The molecule has 0 fully saturated rings. The number of carboxylic acid groups (broad SMARTS) is 1. The van der Waals surface area contributed by atoms with Crippen LogP contribution in [-0.4, -0.2) is 16.1 Å². The fraction of sp³-hybridized carbons (Fsp3) is 0.118. The van der Waals surface area contributed by atoms with Crippen molar-refractivity contribution < 1.29 is 23.1 Å². The van der Waals surface area contributed by atoms with E-state index in [0.717, 1.165) is 6.07 Å². The molecule has 1 heterocycles. The number of hydrogen-bond acceptors (Lipinski definition) is 1. The first-order chi connectivity index (χ1) is 10.9. The maximum atomic E-state index is 13.2. The minimum absolute atomic E-state index is 0.0879. The summed E-state index contributed by atoms with van der Waals surface area (Å²) in [5, 5.41) is 9.39. The number of carbonyl (C=O) groups is 1. The second-order valence-corrected chi connectivity index (χ2v) is 5.14. The molecule has 0 spiro atoms. The number of aromatic nitrogens is 1. The van der Waals surface area contributed by atoms with Gasteiger partial charge in [-0.3, -0.25) is 4.79 Å². The van der Waals surface area contributed by atoms with Crippen molar-refractivity contribution >= 4 is 16.9 Å². The molecule has 0 aliphatic carbocycles. The topological polar surface area (TPSA) is 53.1 Å². The lowest BCUT2D eigenvalue weighted by atomic mass is 10.0. The van der Waals surface area contributed by atoms with E-state index in [2.05, 4.69) is 4.98 Å². The van der Waals surface area contributed by atoms with Crippen molar-refractivity contribution in [1.82, 2.24) is 4.98 Å². The molecule has 1 aromatic heterocycles. The summed E-state index contributed by atoms with van der Waals surface area (Å²) in [7, 11) is 0. The molecule has 2 N–H and O–H groups in total. The van der Waals surface area contributed by atoms with Gasteiger partial charge in [-0.2, -0.15) is 13.2 Å². The smallest absolute Gasteiger partial charge is 0.418 e. The molecule has 0 atom stereocenters. The molecule has 0 unspecified atom stereocenters. The lowest BCUT2D eigenvalue weighted by Gasteiger charge is -2.07. The van der Waals surface area contributed by atoms with Crippen LogP contribution in [0.3, 0.4) is 0 Å². The van der Waals surface area contributed by atoms with Gasteiger partial charge in [-0.15, -0.1) is 0 Å². The highest BCUT2D eigenvalue weighted by molar-refractivity contribution is 5.95. The van der Waals surface area contributed by atoms with Gasteiger partial charge in [-0.25, -0.2) is 0 Å². The van der Waals surface area contributed by atoms with Crippen molar-refractivity contribution in [3.05, 3.63) is 59.7 Å². The van der Waals surface area contributed by atoms with E-state index in [4.69, 9.17) is 5.11 Å². The first-order valence-corrected chi connectivity index (χ1v) is 6.86. The van der Waals surface area contributed by atoms with Crippen LogP contribution in [0, 0.1) is 0 Å². The average molecular weight is 319 g/mol. The molecule has 118 valence electrons. The Hall–Kier alpha value is -2.76. The van der Waals surface area contributed by atoms with E-state index >= 15 is 0 Å². The molecule has 0 aliphatic heterocycles. The maximum Gasteiger partial charge on any atom is 0.418 e. The van der Waals surface area contributed by atoms with Crippen LogP contribution in [-0.2, 0) is 17.4 Å². The number of fused-ring (bicyclic) bond motifs is 1. The van der Waals surface area contributed by atoms with Crippen molar-refractivity contribution in [2.24, 2.45) is 0 Å². The molecule has 6 heteroatoms. The number of carboxylic acids is 1. The van der Waals surface area contributed by atoms with Gasteiger partial charge in [0.2, 0.25) is 0 Å². The summed E-state index contributed by atoms with van der Waals surface area (Å²) in [6.07, 6.45) is -4.87. The predicted molar refractivity (Wildman–Crippen MR) is 80.1 cm³/mol. The van der Waals surface area contributed by atoms with Crippen molar-refractivity contribution in [2.45, 2.75) is 12.6 Å². The first kappa shape index (κ1) is 15.1. The number of aliphatic carboxylic acids is 1. The average Bonchev–Trinajstić information content (AvgIpc) is 2.85. The van der Waals surface area contributed by atoms with Crippen LogP contribution in [0.15, 0.2) is 48.5 Å². The summed E-state index contributed by atoms with van der Waals surface area (Å²) in [5.41, 5.74) is 0.511. The zero-order valence-corrected chi connectivity index (χ0v) is 11.8. The minimum Gasteiger partial charge on any atom is -0.481 e. The minimum atomic E-state index is -4.52. The van der Waals surface area contributed by atoms with E-state index in [-0.39, 0.29) is 17.3 Å². The molecule has 0 bridgehead atoms. The van der Waals surface area contributed by atoms with Crippen molar-refractivity contribution in [2.75, 3.05) is 0 Å². The largest absolute Gasteiger partial charge is 0.481 e. The Morgan fingerprint density at radius 3 is 2.35 bits per heavy atom. The summed E-state index contributed by atoms with van der Waals surface area (Å²) in [6, 6.07) is 12.5. The number of aromatic amines is 1. The number of H-pyrrole nitrogens is 1. The summed E-state index contributed by atoms with van der Waals surface area (Å²) in [5.74, 6) is -1.10. The predicted octanol–water partition coefficient (Wildman–Crippen LogP) is 4.48. The summed E-state index contributed by atoms with van der Waals surface area (Å²) >= 11 is 0. The molecule has 2 aromatic carbocycles. The quantitative estimate of drug-likeness (QED) is 0.748. The van der Waals surface area contributed by atoms with Gasteiger partial charge in [0.05, 0.1) is 23.2 Å². The summed E-state index contributed by atoms with van der Waals surface area (Å²) in [6.45, 7) is 0. The Kier molecular flexibility index (Phi) is 3.60. The van der Waals surface area contributed by atoms with Crippen molar-refractivity contribution in [3.63, 3.8) is 0 Å². The molecule has 3 rings (SSSR count). The molecular weight excluding hydrogens is 307 g/mol. The highest BCUT2D eigenvalue weighted by Gasteiger charge is 2.34. The van der Waals surface area contributed by atoms with Gasteiger partial charge in [0.1, 0.15) is 0 Å². The molecule has 0 saturated carbocycles. The Labute approximate surface area is 129 Å². The van der Waals surface area contributed by atoms with Gasteiger partial charge < -0.3 is 10.1 Å². The standard InChI is InChI=1S/C17H12F3NO2/c18-17(19,20)13-8-4-7-11-12(9-14(22)23)15(21-16(11)13)10-5-2-1-3-6-10/h1-8,21H,9H2,(H,22,23). The normalized spacial score (nSPS) is 11.8. The van der Waals surface area contributed by atoms with E-state index in [1.165, 1.54) is 12.1 Å². The molecule has 23 heavy (non-hydrogen) atoms. The van der Waals surface area contributed by atoms with Gasteiger partial charge in [0.25, 0.3) is 0 Å². The molecule has 3 aromatic rings. The van der Waals surface area contributed by atoms with Crippen LogP contribution in [0.4, 0.5) is 13.2 Å². The van der Waals surface area contributed by atoms with Crippen LogP contribution in [0.1, 0.15) is 11.1 Å². The van der Waals surface area contributed by atoms with Crippen LogP contribution >= 0.6 is 0 Å². The molecular formula is C17H12F3NO2. The van der Waals surface area contributed by atoms with Gasteiger partial charge in [-0.05, 0) is 17.2 Å². The number of hydrogen-bond donors (Lipinski definition) is 2. The van der Waals surface area contributed by atoms with Gasteiger partial charge >= 0.3 is 12.1 Å². The summed E-state index contributed by atoms with van der Waals surface area (Å²) in [4.78, 5) is 13.9. The number of alkyl halides is 3. The Balaban J connectivity index is 2.33. The lowest BCUT2D eigenvalue weighted by Crippen LogP contribution is -2.05. The summed E-state index contributed by atoms with van der Waals surface area (Å²) < 4.78 is 39.6. The van der Waals surface area contributed by atoms with Crippen LogP contribution < -0.4 is 0 Å². The molecule has 0 amide bonds. The number of para-hydroxylation sites is 1. The van der Waals surface area contributed by atoms with Crippen molar-refractivity contribution in [1.29, 1.82) is 0 Å². The van der Waals surface area contributed by atoms with Crippen LogP contribution in [0.5, 0.6) is 0 Å². The SMILES string of the molecule is O=C(O)Cc1c(-c2ccccc2)[nH]c2c(C(F)(F)F)cccc12. The van der Waals surface area contributed by atoms with E-state index in [0.29, 0.717) is 16.8 Å². The second kappa shape index (κ2) is 5.46. The third kappa shape index (κ3) is 2.79. The van der Waals surface area contributed by atoms with E-state index in [1.807, 2.05) is 0 Å². The fourth-order valence-electron chi connectivity index (χ4n) is 2.70. The Morgan fingerprint density at radius 1 is 1.04 bits per heavy atom. The number of nitrogens with one attached hydrogen (secondary N) is 1. The monoisotopic (exact) mass is 319 g/mol. The molecule has 3 nitrogen and oxygen atoms in total. The van der Waals surface area contributed by atoms with Gasteiger partial charge in [-0.1, -0.05) is 42.5 Å². The number of benzene rings is 2. The lowest BCUT2D eigenvalue weighted by molar-refractivity contribution is -0.137. The van der Waals surface area contributed by atoms with E-state index in [9.17, 15) is 18.0 Å². The van der Waals surface area contributed by atoms with Gasteiger partial charge in [0, 0.05) is 5.39 Å². The number of halogens is 3. The maximum absolute atomic E-state index is 13.2. The van der Waals surface area contributed by atoms with Crippen molar-refractivity contribution in [3.8, 4) is 11.3 Å². The third-order valence-corrected chi connectivity index (χ3v) is 3.64. The fourth-order valence-corrected chi connectivity index (χ4v) is 2.70. The molecule has 0 radical (unpaired) electrons. The highest BCUT2D eigenvalue weighted by atomic mass is 19.4. The van der Waals surface area contributed by atoms with Crippen LogP contribution in [0.25, 0.3) is 22.2 Å². The first-order valence-electron chi connectivity index (χ1n) is 6.86. The molecule has 0 saturated heterocycles. The Morgan fingerprint density at radius 2 is 1.74 bits per heavy atom. The van der Waals surface area contributed by atoms with E-state index in [1.54, 1.807) is 30.3 Å². The second-order valence-electron chi connectivity index (χ2n) is 5.14. The zero-order valence-electron chi connectivity index (χ0n) is 11.8. The third-order valence-electron chi connectivity index (χ3n) is 3.64. The van der Waals surface area contributed by atoms with Gasteiger partial charge in [0.15, 0.2) is 0 Å². The molecule has 0 aliphatic rings. The van der Waals surface area contributed by atoms with E-state index < -0.39 is 17.7 Å².